The fourth-order valence-corrected chi connectivity index (χ4v) is 1.36. The highest BCUT2D eigenvalue weighted by molar-refractivity contribution is 7.89. The number of primary sulfonamides is 1. The van der Waals surface area contributed by atoms with E-state index in [9.17, 15) is 13.2 Å². The second-order valence-electron chi connectivity index (χ2n) is 2.44. The molecule has 7 heteroatoms. The van der Waals surface area contributed by atoms with E-state index in [-0.39, 0.29) is 11.3 Å². The average molecular weight is 204 g/mol. The van der Waals surface area contributed by atoms with Crippen LogP contribution in [0.5, 0.6) is 0 Å². The van der Waals surface area contributed by atoms with Gasteiger partial charge in [-0.1, -0.05) is 0 Å². The highest BCUT2D eigenvalue weighted by Gasteiger charge is 2.18. The lowest BCUT2D eigenvalue weighted by Gasteiger charge is -1.88. The molecule has 13 heavy (non-hydrogen) atoms. The van der Waals surface area contributed by atoms with Crippen LogP contribution < -0.4 is 10.9 Å². The number of furan rings is 1. The molecule has 0 spiro atoms. The lowest BCUT2D eigenvalue weighted by Crippen LogP contribution is -2.12. The first-order valence-corrected chi connectivity index (χ1v) is 4.80. The third-order valence-electron chi connectivity index (χ3n) is 1.44. The van der Waals surface area contributed by atoms with E-state index in [0.29, 0.717) is 0 Å². The second-order valence-corrected chi connectivity index (χ2v) is 3.94. The summed E-state index contributed by atoms with van der Waals surface area (Å²) < 4.78 is 26.2. The molecule has 0 aliphatic rings. The highest BCUT2D eigenvalue weighted by Crippen LogP contribution is 2.16. The van der Waals surface area contributed by atoms with Crippen LogP contribution in [0.1, 0.15) is 16.1 Å². The summed E-state index contributed by atoms with van der Waals surface area (Å²) in [6.07, 6.45) is 0. The molecule has 72 valence electrons. The van der Waals surface area contributed by atoms with E-state index < -0.39 is 21.0 Å². The van der Waals surface area contributed by atoms with Crippen LogP contribution in [0.2, 0.25) is 0 Å². The first kappa shape index (κ1) is 9.75. The third-order valence-corrected chi connectivity index (χ3v) is 2.20. The van der Waals surface area contributed by atoms with Crippen molar-refractivity contribution in [1.29, 1.82) is 0 Å². The van der Waals surface area contributed by atoms with Gasteiger partial charge in [-0.05, 0) is 6.92 Å². The summed E-state index contributed by atoms with van der Waals surface area (Å²) in [5.74, 6) is -0.618. The van der Waals surface area contributed by atoms with Gasteiger partial charge in [-0.3, -0.25) is 4.79 Å². The van der Waals surface area contributed by atoms with Gasteiger partial charge in [-0.15, -0.1) is 0 Å². The van der Waals surface area contributed by atoms with Gasteiger partial charge >= 0.3 is 0 Å². The van der Waals surface area contributed by atoms with Crippen LogP contribution in [0, 0.1) is 6.92 Å². The van der Waals surface area contributed by atoms with E-state index in [2.05, 4.69) is 0 Å². The quantitative estimate of drug-likeness (QED) is 0.664. The number of hydrogen-bond donors (Lipinski definition) is 2. The van der Waals surface area contributed by atoms with Crippen LogP contribution >= 0.6 is 0 Å². The molecule has 0 aliphatic carbocycles. The molecule has 6 nitrogen and oxygen atoms in total. The Labute approximate surface area is 74.6 Å². The van der Waals surface area contributed by atoms with E-state index in [1.54, 1.807) is 0 Å². The van der Waals surface area contributed by atoms with E-state index >= 15 is 0 Å². The van der Waals surface area contributed by atoms with Crippen molar-refractivity contribution in [2.45, 2.75) is 12.0 Å². The van der Waals surface area contributed by atoms with E-state index in [1.165, 1.54) is 6.92 Å². The maximum absolute atomic E-state index is 10.8. The molecule has 1 heterocycles. The summed E-state index contributed by atoms with van der Waals surface area (Å²) in [4.78, 5) is 10.7. The number of primary amides is 1. The van der Waals surface area contributed by atoms with Crippen LogP contribution in [0.3, 0.4) is 0 Å². The summed E-state index contributed by atoms with van der Waals surface area (Å²) in [5, 5.41) is 4.31. The summed E-state index contributed by atoms with van der Waals surface area (Å²) in [5.41, 5.74) is 4.95. The average Bonchev–Trinajstić information content (AvgIpc) is 2.29. The molecule has 1 aromatic heterocycles. The zero-order valence-corrected chi connectivity index (χ0v) is 7.59. The van der Waals surface area contributed by atoms with Gasteiger partial charge in [-0.25, -0.2) is 13.6 Å². The van der Waals surface area contributed by atoms with Crippen LogP contribution in [-0.4, -0.2) is 14.3 Å². The number of amides is 1. The van der Waals surface area contributed by atoms with Gasteiger partial charge in [0.2, 0.25) is 5.09 Å². The first-order valence-electron chi connectivity index (χ1n) is 3.25. The van der Waals surface area contributed by atoms with Crippen LogP contribution in [-0.2, 0) is 10.0 Å². The molecule has 0 bridgehead atoms. The summed E-state index contributed by atoms with van der Waals surface area (Å²) in [6, 6.07) is 1.01. The van der Waals surface area contributed by atoms with Gasteiger partial charge in [0, 0.05) is 6.07 Å². The Morgan fingerprint density at radius 3 is 2.31 bits per heavy atom. The fourth-order valence-electron chi connectivity index (χ4n) is 0.840. The predicted molar refractivity (Wildman–Crippen MR) is 43.3 cm³/mol. The number of carbonyl (C=O) groups is 1. The summed E-state index contributed by atoms with van der Waals surface area (Å²) >= 11 is 0. The minimum Gasteiger partial charge on any atom is -0.448 e. The van der Waals surface area contributed by atoms with Gasteiger partial charge in [0.05, 0.1) is 5.56 Å². The number of nitrogens with two attached hydrogens (primary N) is 2. The Morgan fingerprint density at radius 1 is 1.54 bits per heavy atom. The first-order chi connectivity index (χ1) is 5.82. The molecule has 0 radical (unpaired) electrons. The minimum atomic E-state index is -3.91. The molecule has 0 saturated carbocycles. The topological polar surface area (TPSA) is 116 Å². The van der Waals surface area contributed by atoms with E-state index in [4.69, 9.17) is 15.3 Å². The monoisotopic (exact) mass is 204 g/mol. The van der Waals surface area contributed by atoms with Gasteiger partial charge in [0.15, 0.2) is 0 Å². The normalized spacial score (nSPS) is 11.5. The number of rotatable bonds is 2. The van der Waals surface area contributed by atoms with Crippen molar-refractivity contribution in [3.05, 3.63) is 17.4 Å². The third kappa shape index (κ3) is 1.87. The molecule has 1 aromatic rings. The fraction of sp³-hybridized carbons (Fsp3) is 0.167. The predicted octanol–water partition coefficient (Wildman–Crippen LogP) is -0.666. The Morgan fingerprint density at radius 2 is 2.08 bits per heavy atom. The van der Waals surface area contributed by atoms with Crippen molar-refractivity contribution in [3.63, 3.8) is 0 Å². The maximum atomic E-state index is 10.8. The molecule has 0 aliphatic heterocycles. The van der Waals surface area contributed by atoms with Crippen molar-refractivity contribution in [2.75, 3.05) is 0 Å². The number of aryl methyl sites for hydroxylation is 1. The molecule has 4 N–H and O–H groups in total. The lowest BCUT2D eigenvalue weighted by molar-refractivity contribution is 0.0999. The van der Waals surface area contributed by atoms with Crippen molar-refractivity contribution in [3.8, 4) is 0 Å². The standard InChI is InChI=1S/C6H8N2O4S/c1-3-4(6(7)9)2-5(12-3)13(8,10)11/h2H,1H3,(H2,7,9)(H2,8,10,11). The zero-order chi connectivity index (χ0) is 10.2. The molecule has 0 aromatic carbocycles. The Hall–Kier alpha value is -1.34. The van der Waals surface area contributed by atoms with E-state index in [1.807, 2.05) is 0 Å². The smallest absolute Gasteiger partial charge is 0.271 e. The number of carbonyl (C=O) groups excluding carboxylic acids is 1. The summed E-state index contributed by atoms with van der Waals surface area (Å²) in [7, 11) is -3.91. The van der Waals surface area contributed by atoms with Gasteiger partial charge < -0.3 is 10.2 Å². The van der Waals surface area contributed by atoms with Crippen molar-refractivity contribution < 1.29 is 17.6 Å². The molecule has 0 saturated heterocycles. The largest absolute Gasteiger partial charge is 0.448 e. The Bertz CT molecular complexity index is 445. The van der Waals surface area contributed by atoms with Crippen molar-refractivity contribution in [2.24, 2.45) is 10.9 Å². The molecule has 0 fully saturated rings. The van der Waals surface area contributed by atoms with Crippen molar-refractivity contribution in [1.82, 2.24) is 0 Å². The van der Waals surface area contributed by atoms with Crippen LogP contribution in [0.25, 0.3) is 0 Å². The molecule has 0 unspecified atom stereocenters. The van der Waals surface area contributed by atoms with E-state index in [0.717, 1.165) is 6.07 Å². The highest BCUT2D eigenvalue weighted by atomic mass is 32.2. The SMILES string of the molecule is Cc1oc(S(N)(=O)=O)cc1C(N)=O. The number of sulfonamides is 1. The number of hydrogen-bond acceptors (Lipinski definition) is 4. The molecule has 1 amide bonds. The lowest BCUT2D eigenvalue weighted by atomic mass is 10.2. The molecular formula is C6H8N2O4S. The maximum Gasteiger partial charge on any atom is 0.271 e. The molecule has 0 atom stereocenters. The molecule has 1 rings (SSSR count). The van der Waals surface area contributed by atoms with Gasteiger partial charge in [-0.2, -0.15) is 0 Å². The van der Waals surface area contributed by atoms with Gasteiger partial charge in [0.1, 0.15) is 5.76 Å². The molecular weight excluding hydrogens is 196 g/mol. The van der Waals surface area contributed by atoms with Crippen LogP contribution in [0.15, 0.2) is 15.6 Å². The second kappa shape index (κ2) is 2.86. The Kier molecular flexibility index (Phi) is 2.14. The van der Waals surface area contributed by atoms with Crippen LogP contribution in [0.4, 0.5) is 0 Å². The Balaban J connectivity index is 3.33. The van der Waals surface area contributed by atoms with Gasteiger partial charge in [0.25, 0.3) is 15.9 Å². The minimum absolute atomic E-state index is 0.0176. The zero-order valence-electron chi connectivity index (χ0n) is 6.77. The summed E-state index contributed by atoms with van der Waals surface area (Å²) in [6.45, 7) is 1.43. The van der Waals surface area contributed by atoms with Crippen molar-refractivity contribution >= 4 is 15.9 Å².